The number of nitrogens with two attached hydrogens (primary N) is 2. The Bertz CT molecular complexity index is 319. The molecule has 1 aromatic heterocycles. The molecule has 0 aliphatic heterocycles. The molecule has 4 nitrogen and oxygen atoms in total. The van der Waals surface area contributed by atoms with Gasteiger partial charge in [-0.1, -0.05) is 0 Å². The van der Waals surface area contributed by atoms with E-state index in [-0.39, 0.29) is 0 Å². The average Bonchev–Trinajstić information content (AvgIpc) is 2.91. The summed E-state index contributed by atoms with van der Waals surface area (Å²) in [7, 11) is 2.04. The maximum absolute atomic E-state index is 5.62. The molecule has 0 amide bonds. The van der Waals surface area contributed by atoms with Gasteiger partial charge in [-0.15, -0.1) is 0 Å². The Labute approximate surface area is 77.5 Å². The van der Waals surface area contributed by atoms with Crippen LogP contribution in [0.15, 0.2) is 12.1 Å². The van der Waals surface area contributed by atoms with Gasteiger partial charge in [-0.3, -0.25) is 0 Å². The molecule has 0 spiro atoms. The SMILES string of the molecule is CN(c1ccc(N)c(N)n1)C1CC1. The Morgan fingerprint density at radius 2 is 2.08 bits per heavy atom. The van der Waals surface area contributed by atoms with Gasteiger partial charge < -0.3 is 16.4 Å². The van der Waals surface area contributed by atoms with Crippen molar-refractivity contribution < 1.29 is 0 Å². The first-order valence-electron chi connectivity index (χ1n) is 4.43. The standard InChI is InChI=1S/C9H14N4/c1-13(6-2-3-6)8-5-4-7(10)9(11)12-8/h4-6H,2-3,10H2,1H3,(H2,11,12). The lowest BCUT2D eigenvalue weighted by molar-refractivity contribution is 0.894. The van der Waals surface area contributed by atoms with Crippen LogP contribution in [-0.2, 0) is 0 Å². The van der Waals surface area contributed by atoms with Gasteiger partial charge >= 0.3 is 0 Å². The Balaban J connectivity index is 2.24. The van der Waals surface area contributed by atoms with E-state index in [4.69, 9.17) is 11.5 Å². The van der Waals surface area contributed by atoms with Crippen LogP contribution in [0.3, 0.4) is 0 Å². The molecule has 1 saturated carbocycles. The molecule has 1 aliphatic rings. The van der Waals surface area contributed by atoms with E-state index >= 15 is 0 Å². The van der Waals surface area contributed by atoms with Crippen LogP contribution in [0.2, 0.25) is 0 Å². The van der Waals surface area contributed by atoms with Crippen molar-refractivity contribution >= 4 is 17.3 Å². The summed E-state index contributed by atoms with van der Waals surface area (Å²) < 4.78 is 0. The lowest BCUT2D eigenvalue weighted by Crippen LogP contribution is -2.21. The average molecular weight is 178 g/mol. The zero-order valence-corrected chi connectivity index (χ0v) is 7.70. The maximum Gasteiger partial charge on any atom is 0.149 e. The van der Waals surface area contributed by atoms with E-state index < -0.39 is 0 Å². The van der Waals surface area contributed by atoms with Crippen LogP contribution in [0, 0.1) is 0 Å². The summed E-state index contributed by atoms with van der Waals surface area (Å²) in [6, 6.07) is 4.36. The van der Waals surface area contributed by atoms with Gasteiger partial charge in [0.2, 0.25) is 0 Å². The fourth-order valence-electron chi connectivity index (χ4n) is 1.32. The fraction of sp³-hybridized carbons (Fsp3) is 0.444. The summed E-state index contributed by atoms with van der Waals surface area (Å²) in [5, 5.41) is 0. The molecule has 1 fully saturated rings. The van der Waals surface area contributed by atoms with Gasteiger partial charge in [0.15, 0.2) is 0 Å². The van der Waals surface area contributed by atoms with Gasteiger partial charge in [-0.2, -0.15) is 0 Å². The van der Waals surface area contributed by atoms with Crippen LogP contribution in [-0.4, -0.2) is 18.1 Å². The molecular weight excluding hydrogens is 164 g/mol. The number of pyridine rings is 1. The monoisotopic (exact) mass is 178 g/mol. The first kappa shape index (κ1) is 8.16. The highest BCUT2D eigenvalue weighted by Crippen LogP contribution is 2.30. The van der Waals surface area contributed by atoms with Crippen molar-refractivity contribution in [1.82, 2.24) is 4.98 Å². The molecule has 0 unspecified atom stereocenters. The van der Waals surface area contributed by atoms with Crippen molar-refractivity contribution in [3.05, 3.63) is 12.1 Å². The van der Waals surface area contributed by atoms with Crippen LogP contribution >= 0.6 is 0 Å². The van der Waals surface area contributed by atoms with Crippen molar-refractivity contribution in [3.63, 3.8) is 0 Å². The molecule has 0 radical (unpaired) electrons. The second-order valence-electron chi connectivity index (χ2n) is 3.49. The predicted octanol–water partition coefficient (Wildman–Crippen LogP) is 0.845. The summed E-state index contributed by atoms with van der Waals surface area (Å²) in [6.07, 6.45) is 2.50. The van der Waals surface area contributed by atoms with Gasteiger partial charge in [0, 0.05) is 13.1 Å². The van der Waals surface area contributed by atoms with Crippen molar-refractivity contribution in [2.75, 3.05) is 23.4 Å². The van der Waals surface area contributed by atoms with Crippen molar-refractivity contribution in [2.45, 2.75) is 18.9 Å². The van der Waals surface area contributed by atoms with E-state index in [1.54, 1.807) is 6.07 Å². The molecule has 2 rings (SSSR count). The summed E-state index contributed by atoms with van der Waals surface area (Å²) in [5.41, 5.74) is 11.7. The Kier molecular flexibility index (Phi) is 1.76. The van der Waals surface area contributed by atoms with Crippen molar-refractivity contribution in [1.29, 1.82) is 0 Å². The topological polar surface area (TPSA) is 68.2 Å². The van der Waals surface area contributed by atoms with E-state index in [2.05, 4.69) is 9.88 Å². The highest BCUT2D eigenvalue weighted by Gasteiger charge is 2.27. The van der Waals surface area contributed by atoms with Gasteiger partial charge in [0.25, 0.3) is 0 Å². The normalized spacial score (nSPS) is 15.8. The van der Waals surface area contributed by atoms with Gasteiger partial charge in [-0.25, -0.2) is 4.98 Å². The fourth-order valence-corrected chi connectivity index (χ4v) is 1.32. The summed E-state index contributed by atoms with van der Waals surface area (Å²) >= 11 is 0. The number of aromatic nitrogens is 1. The molecule has 0 aromatic carbocycles. The van der Waals surface area contributed by atoms with E-state index in [0.717, 1.165) is 5.82 Å². The predicted molar refractivity (Wildman–Crippen MR) is 54.5 cm³/mol. The molecule has 4 N–H and O–H groups in total. The highest BCUT2D eigenvalue weighted by atomic mass is 15.2. The minimum atomic E-state index is 0.421. The quantitative estimate of drug-likeness (QED) is 0.704. The lowest BCUT2D eigenvalue weighted by Gasteiger charge is -2.17. The third-order valence-corrected chi connectivity index (χ3v) is 2.40. The van der Waals surface area contributed by atoms with E-state index in [1.165, 1.54) is 12.8 Å². The largest absolute Gasteiger partial charge is 0.396 e. The van der Waals surface area contributed by atoms with Crippen LogP contribution in [0.5, 0.6) is 0 Å². The molecule has 0 bridgehead atoms. The van der Waals surface area contributed by atoms with Crippen molar-refractivity contribution in [3.8, 4) is 0 Å². The van der Waals surface area contributed by atoms with Gasteiger partial charge in [-0.05, 0) is 25.0 Å². The number of nitrogen functional groups attached to an aromatic ring is 2. The van der Waals surface area contributed by atoms with Crippen LogP contribution < -0.4 is 16.4 Å². The van der Waals surface area contributed by atoms with E-state index in [1.807, 2.05) is 13.1 Å². The van der Waals surface area contributed by atoms with Crippen LogP contribution in [0.4, 0.5) is 17.3 Å². The first-order valence-corrected chi connectivity index (χ1v) is 4.43. The van der Waals surface area contributed by atoms with Crippen LogP contribution in [0.1, 0.15) is 12.8 Å². The number of nitrogens with zero attached hydrogens (tertiary/aromatic N) is 2. The first-order chi connectivity index (χ1) is 6.18. The van der Waals surface area contributed by atoms with E-state index in [9.17, 15) is 0 Å². The molecule has 13 heavy (non-hydrogen) atoms. The summed E-state index contributed by atoms with van der Waals surface area (Å²) in [6.45, 7) is 0. The van der Waals surface area contributed by atoms with E-state index in [0.29, 0.717) is 17.5 Å². The molecule has 0 saturated heterocycles. The molecular formula is C9H14N4. The molecule has 1 aromatic rings. The van der Waals surface area contributed by atoms with Gasteiger partial charge in [0.05, 0.1) is 5.69 Å². The molecule has 1 heterocycles. The number of hydrogen-bond donors (Lipinski definition) is 2. The lowest BCUT2D eigenvalue weighted by atomic mass is 10.3. The highest BCUT2D eigenvalue weighted by molar-refractivity contribution is 5.62. The molecule has 1 aliphatic carbocycles. The third kappa shape index (κ3) is 1.52. The second kappa shape index (κ2) is 2.80. The Hall–Kier alpha value is -1.45. The van der Waals surface area contributed by atoms with Gasteiger partial charge in [0.1, 0.15) is 11.6 Å². The molecule has 70 valence electrons. The molecule has 4 heteroatoms. The third-order valence-electron chi connectivity index (χ3n) is 2.40. The number of hydrogen-bond acceptors (Lipinski definition) is 4. The summed E-state index contributed by atoms with van der Waals surface area (Å²) in [5.74, 6) is 1.33. The Morgan fingerprint density at radius 1 is 1.38 bits per heavy atom. The summed E-state index contributed by atoms with van der Waals surface area (Å²) in [4.78, 5) is 6.36. The maximum atomic E-state index is 5.62. The minimum absolute atomic E-state index is 0.421. The molecule has 0 atom stereocenters. The minimum Gasteiger partial charge on any atom is -0.396 e. The number of anilines is 3. The second-order valence-corrected chi connectivity index (χ2v) is 3.49. The van der Waals surface area contributed by atoms with Crippen LogP contribution in [0.25, 0.3) is 0 Å². The number of rotatable bonds is 2. The smallest absolute Gasteiger partial charge is 0.149 e. The zero-order valence-electron chi connectivity index (χ0n) is 7.70. The van der Waals surface area contributed by atoms with Crippen molar-refractivity contribution in [2.24, 2.45) is 0 Å². The zero-order chi connectivity index (χ0) is 9.42. The Morgan fingerprint density at radius 3 is 2.62 bits per heavy atom.